The van der Waals surface area contributed by atoms with Crippen LogP contribution in [0.25, 0.3) is 0 Å². The Hall–Kier alpha value is -5.17. The number of rotatable bonds is 6. The summed E-state index contributed by atoms with van der Waals surface area (Å²) in [5.74, 6) is 3.37. The first-order valence-electron chi connectivity index (χ1n) is 25.1. The highest BCUT2D eigenvalue weighted by molar-refractivity contribution is 5.17. The van der Waals surface area contributed by atoms with Gasteiger partial charge in [-0.25, -0.2) is 9.97 Å². The van der Waals surface area contributed by atoms with Crippen LogP contribution in [0.4, 0.5) is 0 Å². The summed E-state index contributed by atoms with van der Waals surface area (Å²) in [6, 6.07) is 30.5. The van der Waals surface area contributed by atoms with Crippen LogP contribution in [0.1, 0.15) is 235 Å². The normalized spacial score (nSPS) is 8.82. The lowest BCUT2D eigenvalue weighted by molar-refractivity contribution is 0.785. The fourth-order valence-corrected chi connectivity index (χ4v) is 4.22. The molecule has 372 valence electrons. The Balaban J connectivity index is -0.000000156. The van der Waals surface area contributed by atoms with Crippen LogP contribution in [-0.4, -0.2) is 35.1 Å². The first-order chi connectivity index (χ1) is 31.8. The van der Waals surface area contributed by atoms with Crippen LogP contribution in [0.15, 0.2) is 141 Å². The molecular formula is C59H101N7. The molecule has 6 rings (SSSR count). The third kappa shape index (κ3) is 44.1. The van der Waals surface area contributed by atoms with Crippen molar-refractivity contribution >= 4 is 0 Å². The Morgan fingerprint density at radius 2 is 0.636 bits per heavy atom. The van der Waals surface area contributed by atoms with Crippen molar-refractivity contribution in [2.24, 2.45) is 0 Å². The maximum Gasteiger partial charge on any atom is 0.115 e. The molecule has 0 saturated carbocycles. The Morgan fingerprint density at radius 3 is 0.864 bits per heavy atom. The molecule has 5 heterocycles. The summed E-state index contributed by atoms with van der Waals surface area (Å²) in [6.07, 6.45) is 14.3. The van der Waals surface area contributed by atoms with Gasteiger partial charge in [-0.1, -0.05) is 215 Å². The zero-order chi connectivity index (χ0) is 52.1. The van der Waals surface area contributed by atoms with Crippen LogP contribution < -0.4 is 0 Å². The number of nitrogens with zero attached hydrogens (tertiary/aromatic N) is 7. The minimum absolute atomic E-state index is 0.485. The molecule has 0 aliphatic rings. The molecule has 0 amide bonds. The molecule has 7 heteroatoms. The van der Waals surface area contributed by atoms with Gasteiger partial charge in [0.2, 0.25) is 0 Å². The lowest BCUT2D eigenvalue weighted by atomic mass is 10.0. The molecule has 5 aromatic heterocycles. The van der Waals surface area contributed by atoms with E-state index in [1.165, 1.54) is 16.7 Å². The molecule has 0 radical (unpaired) electrons. The van der Waals surface area contributed by atoms with E-state index in [2.05, 4.69) is 149 Å². The van der Waals surface area contributed by atoms with Gasteiger partial charge in [0.25, 0.3) is 0 Å². The SMILES string of the molecule is CC.CC.CC.CC.CC.CC.CC(C)c1ccccc1.CC(C)c1ccccn1.CC(C)c1ccccn1.CC(C)c1cccnc1.CC(C)c1cccnn1.CC(C)c1cncnc1. The van der Waals surface area contributed by atoms with Crippen molar-refractivity contribution in [2.75, 3.05) is 0 Å². The highest BCUT2D eigenvalue weighted by Gasteiger charge is 1.99. The van der Waals surface area contributed by atoms with Crippen LogP contribution in [0.3, 0.4) is 0 Å². The minimum Gasteiger partial charge on any atom is -0.264 e. The molecule has 0 aliphatic heterocycles. The lowest BCUT2D eigenvalue weighted by Gasteiger charge is -2.01. The second-order valence-electron chi connectivity index (χ2n) is 14.5. The van der Waals surface area contributed by atoms with Crippen molar-refractivity contribution in [1.29, 1.82) is 0 Å². The summed E-state index contributed by atoms with van der Waals surface area (Å²) < 4.78 is 0. The van der Waals surface area contributed by atoms with Crippen molar-refractivity contribution in [3.05, 3.63) is 174 Å². The smallest absolute Gasteiger partial charge is 0.115 e. The number of hydrogen-bond donors (Lipinski definition) is 0. The highest BCUT2D eigenvalue weighted by Crippen LogP contribution is 2.13. The zero-order valence-corrected chi connectivity index (χ0v) is 46.9. The number of pyridine rings is 3. The first kappa shape index (κ1) is 72.4. The summed E-state index contributed by atoms with van der Waals surface area (Å²) >= 11 is 0. The summed E-state index contributed by atoms with van der Waals surface area (Å²) in [4.78, 5) is 20.2. The van der Waals surface area contributed by atoms with Gasteiger partial charge in [0.15, 0.2) is 0 Å². The van der Waals surface area contributed by atoms with Crippen LogP contribution in [-0.2, 0) is 0 Å². The van der Waals surface area contributed by atoms with E-state index in [1.807, 2.05) is 175 Å². The van der Waals surface area contributed by atoms with Crippen LogP contribution in [0.2, 0.25) is 0 Å². The molecule has 0 unspecified atom stereocenters. The van der Waals surface area contributed by atoms with E-state index in [0.29, 0.717) is 35.5 Å². The maximum atomic E-state index is 4.18. The molecule has 1 aromatic carbocycles. The van der Waals surface area contributed by atoms with E-state index in [0.717, 1.165) is 17.1 Å². The molecule has 0 saturated heterocycles. The van der Waals surface area contributed by atoms with Gasteiger partial charge < -0.3 is 0 Å². The van der Waals surface area contributed by atoms with E-state index in [-0.39, 0.29) is 0 Å². The summed E-state index contributed by atoms with van der Waals surface area (Å²) in [7, 11) is 0. The maximum absolute atomic E-state index is 4.18. The summed E-state index contributed by atoms with van der Waals surface area (Å²) in [5, 5.41) is 7.68. The van der Waals surface area contributed by atoms with Gasteiger partial charge in [0.05, 0.1) is 5.69 Å². The minimum atomic E-state index is 0.485. The van der Waals surface area contributed by atoms with Crippen LogP contribution in [0.5, 0.6) is 0 Å². The Bertz CT molecular complexity index is 1350. The Labute approximate surface area is 409 Å². The summed E-state index contributed by atoms with van der Waals surface area (Å²) in [6.45, 7) is 49.7. The predicted molar refractivity (Wildman–Crippen MR) is 296 cm³/mol. The molecule has 6 aromatic rings. The molecule has 0 spiro atoms. The first-order valence-corrected chi connectivity index (χ1v) is 25.1. The van der Waals surface area contributed by atoms with Crippen molar-refractivity contribution in [1.82, 2.24) is 35.1 Å². The average Bonchev–Trinajstić information content (AvgIpc) is 3.40. The molecular weight excluding hydrogens is 807 g/mol. The van der Waals surface area contributed by atoms with Gasteiger partial charge in [-0.05, 0) is 94.7 Å². The number of benzene rings is 1. The van der Waals surface area contributed by atoms with E-state index in [1.54, 1.807) is 18.7 Å². The van der Waals surface area contributed by atoms with Crippen LogP contribution in [0, 0.1) is 0 Å². The molecule has 0 aliphatic carbocycles. The molecule has 7 nitrogen and oxygen atoms in total. The molecule has 0 N–H and O–H groups in total. The summed E-state index contributed by atoms with van der Waals surface area (Å²) in [5.41, 5.74) is 7.29. The average molecular weight is 909 g/mol. The fraction of sp³-hybridized carbons (Fsp3) is 0.508. The Kier molecular flexibility index (Phi) is 61.4. The van der Waals surface area contributed by atoms with E-state index in [9.17, 15) is 0 Å². The largest absolute Gasteiger partial charge is 0.264 e. The van der Waals surface area contributed by atoms with Gasteiger partial charge >= 0.3 is 0 Å². The molecule has 0 bridgehead atoms. The van der Waals surface area contributed by atoms with Gasteiger partial charge in [-0.2, -0.15) is 10.2 Å². The van der Waals surface area contributed by atoms with Crippen molar-refractivity contribution in [2.45, 2.75) is 202 Å². The number of aromatic nitrogens is 7. The quantitative estimate of drug-likeness (QED) is 0.164. The monoisotopic (exact) mass is 908 g/mol. The second-order valence-corrected chi connectivity index (χ2v) is 14.5. The fourth-order valence-electron chi connectivity index (χ4n) is 4.22. The number of hydrogen-bond acceptors (Lipinski definition) is 7. The highest BCUT2D eigenvalue weighted by atomic mass is 15.1. The topological polar surface area (TPSA) is 90.2 Å². The van der Waals surface area contributed by atoms with Crippen molar-refractivity contribution < 1.29 is 0 Å². The molecule has 66 heavy (non-hydrogen) atoms. The second kappa shape index (κ2) is 56.0. The van der Waals surface area contributed by atoms with Gasteiger partial charge in [0, 0.05) is 54.8 Å². The third-order valence-electron chi connectivity index (χ3n) is 7.81. The van der Waals surface area contributed by atoms with Crippen molar-refractivity contribution in [3.8, 4) is 0 Å². The predicted octanol–water partition coefficient (Wildman–Crippen LogP) is 18.8. The lowest BCUT2D eigenvalue weighted by Crippen LogP contribution is -1.92. The van der Waals surface area contributed by atoms with E-state index < -0.39 is 0 Å². The van der Waals surface area contributed by atoms with Gasteiger partial charge in [-0.15, -0.1) is 0 Å². The Morgan fingerprint density at radius 1 is 0.288 bits per heavy atom. The van der Waals surface area contributed by atoms with Crippen molar-refractivity contribution in [3.63, 3.8) is 0 Å². The van der Waals surface area contributed by atoms with E-state index >= 15 is 0 Å². The molecule has 0 atom stereocenters. The third-order valence-corrected chi connectivity index (χ3v) is 7.81. The zero-order valence-electron chi connectivity index (χ0n) is 46.9. The van der Waals surface area contributed by atoms with Gasteiger partial charge in [-0.3, -0.25) is 15.0 Å². The standard InChI is InChI=1S/C9H12.3C8H11N.2C7H10N2.6C2H6/c1-8(2)9-6-4-3-5-7-9;1-7(2)8-4-3-5-9-6-8;2*1-7(2)8-5-3-4-6-9-8;1-6(2)7-3-8-5-9-4-7;1-6(2)7-4-3-5-8-9-7;6*1-2/h3-8H,1-2H3;3*3-7H,1-2H3;2*3-6H,1-2H3;6*1-2H3. The molecule has 0 fully saturated rings. The van der Waals surface area contributed by atoms with Crippen LogP contribution >= 0.6 is 0 Å². The van der Waals surface area contributed by atoms with Gasteiger partial charge in [0.1, 0.15) is 6.33 Å². The van der Waals surface area contributed by atoms with E-state index in [4.69, 9.17) is 0 Å².